The van der Waals surface area contributed by atoms with Crippen LogP contribution in [0.25, 0.3) is 0 Å². The van der Waals surface area contributed by atoms with Gasteiger partial charge in [0.1, 0.15) is 5.70 Å². The molecule has 41 heavy (non-hydrogen) atoms. The van der Waals surface area contributed by atoms with E-state index in [9.17, 15) is 9.59 Å². The van der Waals surface area contributed by atoms with Gasteiger partial charge in [-0.25, -0.2) is 5.84 Å². The molecule has 0 spiro atoms. The highest BCUT2D eigenvalue weighted by molar-refractivity contribution is 7.99. The van der Waals surface area contributed by atoms with Crippen LogP contribution in [0.4, 0.5) is 17.1 Å². The van der Waals surface area contributed by atoms with Crippen LogP contribution in [0.5, 0.6) is 5.75 Å². The molecule has 1 unspecified atom stereocenters. The van der Waals surface area contributed by atoms with Gasteiger partial charge in [-0.05, 0) is 73.7 Å². The number of benzene rings is 2. The normalized spacial score (nSPS) is 15.9. The number of likely N-dealkylation sites (N-methyl/N-ethyl adjacent to an activating group) is 1. The lowest BCUT2D eigenvalue weighted by molar-refractivity contribution is -0.117. The lowest BCUT2D eigenvalue weighted by atomic mass is 9.86. The van der Waals surface area contributed by atoms with E-state index in [2.05, 4.69) is 48.0 Å². The molecular weight excluding hydrogens is 538 g/mol. The van der Waals surface area contributed by atoms with E-state index in [0.717, 1.165) is 42.7 Å². The Morgan fingerprint density at radius 1 is 1.22 bits per heavy atom. The van der Waals surface area contributed by atoms with E-state index < -0.39 is 0 Å². The number of hydrogen-bond donors (Lipinski definition) is 5. The van der Waals surface area contributed by atoms with Crippen LogP contribution in [0.1, 0.15) is 62.0 Å². The number of carbonyl (C=O) groups excluding carboxylic acids is 2. The summed E-state index contributed by atoms with van der Waals surface area (Å²) in [4.78, 5) is 28.5. The van der Waals surface area contributed by atoms with Crippen molar-refractivity contribution in [2.24, 2.45) is 11.6 Å². The third-order valence-corrected chi connectivity index (χ3v) is 7.74. The second kappa shape index (κ2) is 14.0. The summed E-state index contributed by atoms with van der Waals surface area (Å²) in [5.41, 5.74) is 10.0. The third-order valence-electron chi connectivity index (χ3n) is 7.31. The van der Waals surface area contributed by atoms with Gasteiger partial charge in [0.25, 0.3) is 11.8 Å². The number of likely N-dealkylation sites (tertiary alicyclic amines) is 1. The number of nitrogens with one attached hydrogen (secondary N) is 3. The highest BCUT2D eigenvalue weighted by atomic mass is 32.2. The maximum absolute atomic E-state index is 13.4. The van der Waals surface area contributed by atoms with E-state index in [1.807, 2.05) is 25.3 Å². The van der Waals surface area contributed by atoms with Gasteiger partial charge in [-0.2, -0.15) is 0 Å². The van der Waals surface area contributed by atoms with Gasteiger partial charge in [-0.3, -0.25) is 19.5 Å². The summed E-state index contributed by atoms with van der Waals surface area (Å²) >= 11 is 1.44. The standard InChI is InChI=1S/C30H45N7O3S/c1-8-36-13-9-10-22(36)17-33-29(39)23(31)18-37(32)26-14-20(12-11-19(26)2)28(38)34-24-15-21(30(3,4)5)16-25(35-41-7)27(24)40-6/h11-12,14-16,18,22,35H,8-10,13,17,31-32H2,1-7H3,(H,33,39)(H,34,38)/b23-18-. The molecule has 2 aromatic rings. The smallest absolute Gasteiger partial charge is 0.268 e. The summed E-state index contributed by atoms with van der Waals surface area (Å²) in [5, 5.41) is 7.20. The molecule has 10 nitrogen and oxygen atoms in total. The molecule has 1 aliphatic heterocycles. The van der Waals surface area contributed by atoms with Crippen molar-refractivity contribution in [2.75, 3.05) is 48.0 Å². The zero-order valence-electron chi connectivity index (χ0n) is 25.3. The van der Waals surface area contributed by atoms with E-state index in [0.29, 0.717) is 35.3 Å². The van der Waals surface area contributed by atoms with Crippen molar-refractivity contribution in [1.82, 2.24) is 10.2 Å². The molecule has 2 amide bonds. The van der Waals surface area contributed by atoms with Crippen LogP contribution >= 0.6 is 11.9 Å². The molecule has 1 aliphatic rings. The van der Waals surface area contributed by atoms with E-state index >= 15 is 0 Å². The maximum atomic E-state index is 13.4. The number of aryl methyl sites for hydroxylation is 1. The Morgan fingerprint density at radius 2 is 1.93 bits per heavy atom. The first-order valence-corrected chi connectivity index (χ1v) is 15.1. The van der Waals surface area contributed by atoms with Gasteiger partial charge < -0.3 is 25.8 Å². The molecular formula is C30H45N7O3S. The van der Waals surface area contributed by atoms with E-state index in [1.54, 1.807) is 25.3 Å². The topological polar surface area (TPSA) is 138 Å². The van der Waals surface area contributed by atoms with Gasteiger partial charge in [0.15, 0.2) is 5.75 Å². The largest absolute Gasteiger partial charge is 0.492 e. The molecule has 0 aliphatic carbocycles. The highest BCUT2D eigenvalue weighted by Crippen LogP contribution is 2.39. The first-order chi connectivity index (χ1) is 19.4. The number of hydrazine groups is 1. The minimum Gasteiger partial charge on any atom is -0.492 e. The summed E-state index contributed by atoms with van der Waals surface area (Å²) in [5.74, 6) is 6.14. The molecule has 7 N–H and O–H groups in total. The van der Waals surface area contributed by atoms with Crippen LogP contribution in [0.3, 0.4) is 0 Å². The molecule has 1 atom stereocenters. The van der Waals surface area contributed by atoms with Crippen molar-refractivity contribution >= 4 is 40.8 Å². The SMILES string of the molecule is CCN1CCCC1CNC(=O)/C(N)=C/N(N)c1cc(C(=O)Nc2cc(C(C)(C)C)cc(NSC)c2OC)ccc1C. The summed E-state index contributed by atoms with van der Waals surface area (Å²) in [6.45, 7) is 12.9. The fourth-order valence-electron chi connectivity index (χ4n) is 4.92. The molecule has 11 heteroatoms. The van der Waals surface area contributed by atoms with Crippen LogP contribution in [-0.4, -0.2) is 55.8 Å². The zero-order valence-corrected chi connectivity index (χ0v) is 26.1. The van der Waals surface area contributed by atoms with Gasteiger partial charge >= 0.3 is 0 Å². The number of methoxy groups -OCH3 is 1. The molecule has 1 fully saturated rings. The predicted molar refractivity (Wildman–Crippen MR) is 170 cm³/mol. The van der Waals surface area contributed by atoms with Crippen LogP contribution in [0.15, 0.2) is 42.2 Å². The van der Waals surface area contributed by atoms with Crippen molar-refractivity contribution in [3.63, 3.8) is 0 Å². The fourth-order valence-corrected chi connectivity index (χ4v) is 5.29. The lowest BCUT2D eigenvalue weighted by Crippen LogP contribution is -2.41. The van der Waals surface area contributed by atoms with E-state index in [4.69, 9.17) is 16.3 Å². The van der Waals surface area contributed by atoms with Crippen LogP contribution in [-0.2, 0) is 10.2 Å². The number of amides is 2. The molecule has 2 aromatic carbocycles. The maximum Gasteiger partial charge on any atom is 0.268 e. The minimum atomic E-state index is -0.379. The highest BCUT2D eigenvalue weighted by Gasteiger charge is 2.24. The molecule has 3 rings (SSSR count). The lowest BCUT2D eigenvalue weighted by Gasteiger charge is -2.24. The molecule has 1 heterocycles. The summed E-state index contributed by atoms with van der Waals surface area (Å²) in [7, 11) is 1.57. The molecule has 0 radical (unpaired) electrons. The van der Waals surface area contributed by atoms with Gasteiger partial charge in [0.05, 0.1) is 24.2 Å². The summed E-state index contributed by atoms with van der Waals surface area (Å²) in [6.07, 6.45) is 5.48. The Morgan fingerprint density at radius 3 is 2.56 bits per heavy atom. The Labute approximate surface area is 248 Å². The Bertz CT molecular complexity index is 1280. The summed E-state index contributed by atoms with van der Waals surface area (Å²) < 4.78 is 8.91. The first kappa shape index (κ1) is 32.1. The zero-order chi connectivity index (χ0) is 30.3. The second-order valence-electron chi connectivity index (χ2n) is 11.2. The third kappa shape index (κ3) is 8.08. The predicted octanol–water partition coefficient (Wildman–Crippen LogP) is 4.32. The number of ether oxygens (including phenoxy) is 1. The number of carbonyl (C=O) groups is 2. The first-order valence-electron chi connectivity index (χ1n) is 13.9. The Hall–Kier alpha value is -3.41. The van der Waals surface area contributed by atoms with Gasteiger partial charge in [0, 0.05) is 30.6 Å². The van der Waals surface area contributed by atoms with Gasteiger partial charge in [-0.1, -0.05) is 45.7 Å². The number of anilines is 3. The molecule has 0 saturated carbocycles. The van der Waals surface area contributed by atoms with Gasteiger partial charge in [0.2, 0.25) is 0 Å². The Balaban J connectivity index is 1.80. The molecule has 0 bridgehead atoms. The summed E-state index contributed by atoms with van der Waals surface area (Å²) in [6, 6.07) is 9.48. The number of rotatable bonds is 11. The van der Waals surface area contributed by atoms with Crippen molar-refractivity contribution in [1.29, 1.82) is 0 Å². The van der Waals surface area contributed by atoms with Crippen molar-refractivity contribution in [2.45, 2.75) is 58.9 Å². The van der Waals surface area contributed by atoms with Crippen LogP contribution in [0.2, 0.25) is 0 Å². The Kier molecular flexibility index (Phi) is 10.9. The molecule has 1 saturated heterocycles. The van der Waals surface area contributed by atoms with Crippen LogP contribution in [0, 0.1) is 6.92 Å². The monoisotopic (exact) mass is 583 g/mol. The average molecular weight is 584 g/mol. The number of nitrogens with zero attached hydrogens (tertiary/aromatic N) is 2. The molecule has 224 valence electrons. The minimum absolute atomic E-state index is 0.0136. The van der Waals surface area contributed by atoms with Crippen molar-refractivity contribution < 1.29 is 14.3 Å². The number of nitrogens with two attached hydrogens (primary N) is 2. The fraction of sp³-hybridized carbons (Fsp3) is 0.467. The van der Waals surface area contributed by atoms with E-state index in [-0.39, 0.29) is 22.9 Å². The number of hydrogen-bond acceptors (Lipinski definition) is 9. The quantitative estimate of drug-likeness (QED) is 0.113. The van der Waals surface area contributed by atoms with Gasteiger partial charge in [-0.15, -0.1) is 0 Å². The van der Waals surface area contributed by atoms with Crippen molar-refractivity contribution in [3.05, 3.63) is 58.9 Å². The van der Waals surface area contributed by atoms with E-state index in [1.165, 1.54) is 23.2 Å². The van der Waals surface area contributed by atoms with Crippen molar-refractivity contribution in [3.8, 4) is 5.75 Å². The average Bonchev–Trinajstić information content (AvgIpc) is 3.39. The molecule has 0 aromatic heterocycles. The second-order valence-corrected chi connectivity index (χ2v) is 11.9. The van der Waals surface area contributed by atoms with Crippen LogP contribution < -0.4 is 36.7 Å².